The van der Waals surface area contributed by atoms with Crippen LogP contribution in [0.2, 0.25) is 0 Å². The Bertz CT molecular complexity index is 851. The van der Waals surface area contributed by atoms with Gasteiger partial charge >= 0.3 is 0 Å². The summed E-state index contributed by atoms with van der Waals surface area (Å²) in [5.41, 5.74) is 1.86. The smallest absolute Gasteiger partial charge is 0.270 e. The molecule has 0 heterocycles. The molecule has 0 spiro atoms. The molecule has 2 aromatic rings. The van der Waals surface area contributed by atoms with E-state index in [2.05, 4.69) is 4.72 Å². The van der Waals surface area contributed by atoms with Crippen LogP contribution in [0.25, 0.3) is 0 Å². The number of nitrogens with one attached hydrogen (secondary N) is 1. The molecule has 0 atom stereocenters. The Balaban J connectivity index is 2.54. The van der Waals surface area contributed by atoms with Crippen LogP contribution in [0.3, 0.4) is 0 Å². The third-order valence-electron chi connectivity index (χ3n) is 4.39. The predicted molar refractivity (Wildman–Crippen MR) is 108 cm³/mol. The molecule has 0 aliphatic rings. The van der Waals surface area contributed by atoms with E-state index in [1.165, 1.54) is 24.3 Å². The van der Waals surface area contributed by atoms with E-state index in [0.717, 1.165) is 25.7 Å². The molecule has 0 saturated heterocycles. The van der Waals surface area contributed by atoms with Crippen molar-refractivity contribution in [2.75, 3.05) is 4.72 Å². The van der Waals surface area contributed by atoms with Gasteiger partial charge in [0.1, 0.15) is 0 Å². The monoisotopic (exact) mass is 390 g/mol. The van der Waals surface area contributed by atoms with Gasteiger partial charge in [-0.15, -0.1) is 0 Å². The Kier molecular flexibility index (Phi) is 7.36. The third-order valence-corrected chi connectivity index (χ3v) is 5.75. The van der Waals surface area contributed by atoms with Gasteiger partial charge in [0.15, 0.2) is 0 Å². The molecule has 0 fully saturated rings. The molecule has 6 nitrogen and oxygen atoms in total. The Labute approximate surface area is 160 Å². The molecule has 0 bridgehead atoms. The van der Waals surface area contributed by atoms with Gasteiger partial charge in [0, 0.05) is 12.1 Å². The van der Waals surface area contributed by atoms with Crippen LogP contribution in [0.4, 0.5) is 11.4 Å². The fourth-order valence-electron chi connectivity index (χ4n) is 2.91. The van der Waals surface area contributed by atoms with Gasteiger partial charge < -0.3 is 0 Å². The van der Waals surface area contributed by atoms with E-state index in [1.54, 1.807) is 18.2 Å². The molecule has 146 valence electrons. The van der Waals surface area contributed by atoms with E-state index < -0.39 is 14.9 Å². The first-order valence-corrected chi connectivity index (χ1v) is 10.8. The van der Waals surface area contributed by atoms with Crippen molar-refractivity contribution in [1.29, 1.82) is 0 Å². The average molecular weight is 391 g/mol. The maximum atomic E-state index is 12.8. The van der Waals surface area contributed by atoms with Crippen LogP contribution >= 0.6 is 0 Å². The lowest BCUT2D eigenvalue weighted by Crippen LogP contribution is -2.16. The first kappa shape index (κ1) is 20.9. The quantitative estimate of drug-likeness (QED) is 0.452. The number of non-ortho nitro benzene ring substituents is 1. The van der Waals surface area contributed by atoms with Crippen molar-refractivity contribution in [2.24, 2.45) is 0 Å². The van der Waals surface area contributed by atoms with Gasteiger partial charge in [0.25, 0.3) is 15.7 Å². The van der Waals surface area contributed by atoms with Crippen molar-refractivity contribution in [2.45, 2.75) is 57.3 Å². The number of hydrogen-bond acceptors (Lipinski definition) is 4. The van der Waals surface area contributed by atoms with Gasteiger partial charge in [-0.2, -0.15) is 0 Å². The number of sulfonamides is 1. The molecule has 27 heavy (non-hydrogen) atoms. The average Bonchev–Trinajstić information content (AvgIpc) is 2.66. The van der Waals surface area contributed by atoms with Gasteiger partial charge in [0.05, 0.1) is 15.5 Å². The molecule has 0 radical (unpaired) electrons. The second-order valence-electron chi connectivity index (χ2n) is 6.52. The van der Waals surface area contributed by atoms with E-state index >= 15 is 0 Å². The summed E-state index contributed by atoms with van der Waals surface area (Å²) in [7, 11) is -3.76. The maximum Gasteiger partial charge on any atom is 0.270 e. The summed E-state index contributed by atoms with van der Waals surface area (Å²) >= 11 is 0. The molecule has 0 amide bonds. The number of nitrogens with zero attached hydrogens (tertiary/aromatic N) is 1. The van der Waals surface area contributed by atoms with Gasteiger partial charge in [-0.25, -0.2) is 8.42 Å². The van der Waals surface area contributed by atoms with E-state index in [1.807, 2.05) is 13.8 Å². The van der Waals surface area contributed by atoms with Crippen LogP contribution in [-0.4, -0.2) is 13.3 Å². The van der Waals surface area contributed by atoms with Crippen LogP contribution in [0.5, 0.6) is 0 Å². The second-order valence-corrected chi connectivity index (χ2v) is 8.20. The normalized spacial score (nSPS) is 11.3. The lowest BCUT2D eigenvalue weighted by Gasteiger charge is -2.17. The summed E-state index contributed by atoms with van der Waals surface area (Å²) in [5, 5.41) is 11.3. The summed E-state index contributed by atoms with van der Waals surface area (Å²) in [6, 6.07) is 11.1. The summed E-state index contributed by atoms with van der Waals surface area (Å²) in [6.45, 7) is 4.06. The van der Waals surface area contributed by atoms with Crippen molar-refractivity contribution >= 4 is 21.4 Å². The van der Waals surface area contributed by atoms with E-state index in [0.29, 0.717) is 29.7 Å². The van der Waals surface area contributed by atoms with Gasteiger partial charge in [-0.1, -0.05) is 44.9 Å². The number of aryl methyl sites for hydroxylation is 2. The molecular weight excluding hydrogens is 364 g/mol. The van der Waals surface area contributed by atoms with Crippen LogP contribution in [0.15, 0.2) is 47.4 Å². The summed E-state index contributed by atoms with van der Waals surface area (Å²) in [6.07, 6.45) is 4.66. The summed E-state index contributed by atoms with van der Waals surface area (Å²) < 4.78 is 28.4. The van der Waals surface area contributed by atoms with E-state index in [4.69, 9.17) is 0 Å². The minimum absolute atomic E-state index is 0.00913. The Morgan fingerprint density at radius 1 is 0.963 bits per heavy atom. The number of unbranched alkanes of at least 4 members (excludes halogenated alkanes) is 2. The molecule has 0 aliphatic heterocycles. The SMILES string of the molecule is CCCCc1cc([N+](=O)[O-])cc(CCCC)c1NS(=O)(=O)c1ccccc1. The predicted octanol–water partition coefficient (Wildman–Crippen LogP) is 5.08. The molecule has 7 heteroatoms. The molecular formula is C20H26N2O4S. The van der Waals surface area contributed by atoms with Crippen LogP contribution in [-0.2, 0) is 22.9 Å². The fourth-order valence-corrected chi connectivity index (χ4v) is 4.07. The minimum Gasteiger partial charge on any atom is -0.279 e. The number of anilines is 1. The van der Waals surface area contributed by atoms with Crippen molar-refractivity contribution < 1.29 is 13.3 Å². The highest BCUT2D eigenvalue weighted by Crippen LogP contribution is 2.32. The lowest BCUT2D eigenvalue weighted by atomic mass is 9.98. The first-order valence-electron chi connectivity index (χ1n) is 9.27. The number of nitro groups is 1. The van der Waals surface area contributed by atoms with Crippen molar-refractivity contribution in [3.63, 3.8) is 0 Å². The van der Waals surface area contributed by atoms with Crippen LogP contribution < -0.4 is 4.72 Å². The number of nitro benzene ring substituents is 1. The fraction of sp³-hybridized carbons (Fsp3) is 0.400. The molecule has 0 aliphatic carbocycles. The van der Waals surface area contributed by atoms with Gasteiger partial charge in [0.2, 0.25) is 0 Å². The zero-order chi connectivity index (χ0) is 19.9. The third kappa shape index (κ3) is 5.53. The van der Waals surface area contributed by atoms with Crippen molar-refractivity contribution in [1.82, 2.24) is 0 Å². The van der Waals surface area contributed by atoms with Crippen LogP contribution in [0, 0.1) is 10.1 Å². The standard InChI is InChI=1S/C20H26N2O4S/c1-3-5-10-16-14-18(22(23)24)15-17(11-6-4-2)20(16)21-27(25,26)19-12-8-7-9-13-19/h7-9,12-15,21H,3-6,10-11H2,1-2H3. The van der Waals surface area contributed by atoms with E-state index in [9.17, 15) is 18.5 Å². The highest BCUT2D eigenvalue weighted by molar-refractivity contribution is 7.92. The Hall–Kier alpha value is -2.41. The number of hydrogen-bond donors (Lipinski definition) is 1. The molecule has 0 unspecified atom stereocenters. The van der Waals surface area contributed by atoms with Crippen molar-refractivity contribution in [3.8, 4) is 0 Å². The highest BCUT2D eigenvalue weighted by Gasteiger charge is 2.21. The van der Waals surface area contributed by atoms with Gasteiger partial charge in [-0.3, -0.25) is 14.8 Å². The lowest BCUT2D eigenvalue weighted by molar-refractivity contribution is -0.385. The molecule has 0 saturated carbocycles. The van der Waals surface area contributed by atoms with Gasteiger partial charge in [-0.05, 0) is 48.9 Å². The molecule has 0 aromatic heterocycles. The zero-order valence-corrected chi connectivity index (χ0v) is 16.6. The molecule has 2 aromatic carbocycles. The minimum atomic E-state index is -3.76. The largest absolute Gasteiger partial charge is 0.279 e. The van der Waals surface area contributed by atoms with Crippen molar-refractivity contribution in [3.05, 3.63) is 63.7 Å². The Morgan fingerprint density at radius 2 is 1.48 bits per heavy atom. The van der Waals surface area contributed by atoms with Crippen LogP contribution in [0.1, 0.15) is 50.7 Å². The molecule has 1 N–H and O–H groups in total. The summed E-state index contributed by atoms with van der Waals surface area (Å²) in [4.78, 5) is 11.1. The Morgan fingerprint density at radius 3 is 1.93 bits per heavy atom. The number of benzene rings is 2. The maximum absolute atomic E-state index is 12.8. The number of rotatable bonds is 10. The summed E-state index contributed by atoms with van der Waals surface area (Å²) in [5.74, 6) is 0. The second kappa shape index (κ2) is 9.50. The first-order chi connectivity index (χ1) is 12.9. The molecule has 2 rings (SSSR count). The topological polar surface area (TPSA) is 89.3 Å². The highest BCUT2D eigenvalue weighted by atomic mass is 32.2. The van der Waals surface area contributed by atoms with E-state index in [-0.39, 0.29) is 10.6 Å². The zero-order valence-electron chi connectivity index (χ0n) is 15.8.